The van der Waals surface area contributed by atoms with Gasteiger partial charge in [0.25, 0.3) is 0 Å². The number of halogens is 1. The molecular weight excluding hydrogens is 264 g/mol. The normalized spacial score (nSPS) is 29.3. The predicted octanol–water partition coefficient (Wildman–Crippen LogP) is 1.53. The van der Waals surface area contributed by atoms with Crippen molar-refractivity contribution in [1.29, 1.82) is 0 Å². The second-order valence-electron chi connectivity index (χ2n) is 5.07. The zero-order valence-electron chi connectivity index (χ0n) is 10.9. The van der Waals surface area contributed by atoms with Crippen molar-refractivity contribution in [1.82, 2.24) is 9.80 Å². The summed E-state index contributed by atoms with van der Waals surface area (Å²) in [7, 11) is 1.56. The summed E-state index contributed by atoms with van der Waals surface area (Å²) in [6.07, 6.45) is 0. The number of methoxy groups -OCH3 is 1. The Hall–Kier alpha value is -1.10. The molecular formula is C14H17ClN2O2. The van der Waals surface area contributed by atoms with Gasteiger partial charge in [-0.05, 0) is 18.2 Å². The van der Waals surface area contributed by atoms with Gasteiger partial charge in [-0.3, -0.25) is 14.6 Å². The van der Waals surface area contributed by atoms with Gasteiger partial charge in [0.05, 0.1) is 18.2 Å². The molecule has 1 unspecified atom stereocenters. The van der Waals surface area contributed by atoms with E-state index >= 15 is 0 Å². The van der Waals surface area contributed by atoms with Crippen LogP contribution in [0.3, 0.4) is 0 Å². The SMILES string of the molecule is COc1cc(C(=O)C2CN3CCN2CC3)ccc1Cl. The highest BCUT2D eigenvalue weighted by Crippen LogP contribution is 2.27. The maximum absolute atomic E-state index is 12.6. The third kappa shape index (κ3) is 2.36. The molecule has 0 spiro atoms. The second-order valence-corrected chi connectivity index (χ2v) is 5.47. The minimum absolute atomic E-state index is 0.0200. The van der Waals surface area contributed by atoms with Crippen LogP contribution in [0.15, 0.2) is 18.2 Å². The van der Waals surface area contributed by atoms with Crippen LogP contribution in [0, 0.1) is 0 Å². The number of Topliss-reactive ketones (excluding diaryl/α,β-unsaturated/α-hetero) is 1. The van der Waals surface area contributed by atoms with Crippen molar-refractivity contribution < 1.29 is 9.53 Å². The highest BCUT2D eigenvalue weighted by molar-refractivity contribution is 6.32. The Labute approximate surface area is 117 Å². The van der Waals surface area contributed by atoms with Gasteiger partial charge >= 0.3 is 0 Å². The minimum atomic E-state index is -0.0200. The van der Waals surface area contributed by atoms with Gasteiger partial charge in [0.2, 0.25) is 0 Å². The number of ether oxygens (including phenoxy) is 1. The first-order valence-electron chi connectivity index (χ1n) is 6.53. The lowest BCUT2D eigenvalue weighted by Gasteiger charge is -2.46. The number of carbonyl (C=O) groups excluding carboxylic acids is 1. The summed E-state index contributed by atoms with van der Waals surface area (Å²) in [6, 6.07) is 5.23. The van der Waals surface area contributed by atoms with Crippen LogP contribution in [-0.2, 0) is 0 Å². The second kappa shape index (κ2) is 5.12. The van der Waals surface area contributed by atoms with Crippen LogP contribution in [0.5, 0.6) is 5.75 Å². The van der Waals surface area contributed by atoms with Crippen molar-refractivity contribution in [3.05, 3.63) is 28.8 Å². The molecule has 1 atom stereocenters. The van der Waals surface area contributed by atoms with Crippen molar-refractivity contribution in [2.75, 3.05) is 39.8 Å². The molecule has 0 amide bonds. The molecule has 4 nitrogen and oxygen atoms in total. The summed E-state index contributed by atoms with van der Waals surface area (Å²) < 4.78 is 5.18. The summed E-state index contributed by atoms with van der Waals surface area (Å²) >= 11 is 5.99. The Morgan fingerprint density at radius 1 is 1.32 bits per heavy atom. The van der Waals surface area contributed by atoms with Crippen LogP contribution < -0.4 is 4.74 Å². The molecule has 19 heavy (non-hydrogen) atoms. The van der Waals surface area contributed by atoms with Gasteiger partial charge in [-0.15, -0.1) is 0 Å². The van der Waals surface area contributed by atoms with Crippen LogP contribution in [0.25, 0.3) is 0 Å². The molecule has 1 aromatic carbocycles. The molecule has 3 aliphatic rings. The van der Waals surface area contributed by atoms with E-state index in [1.807, 2.05) is 0 Å². The fraction of sp³-hybridized carbons (Fsp3) is 0.500. The highest BCUT2D eigenvalue weighted by Gasteiger charge is 2.36. The summed E-state index contributed by atoms with van der Waals surface area (Å²) in [5, 5.41) is 0.535. The largest absolute Gasteiger partial charge is 0.495 e. The summed E-state index contributed by atoms with van der Waals surface area (Å²) in [6.45, 7) is 4.97. The Bertz CT molecular complexity index is 498. The lowest BCUT2D eigenvalue weighted by atomic mass is 9.98. The predicted molar refractivity (Wildman–Crippen MR) is 74.1 cm³/mol. The first kappa shape index (κ1) is 12.9. The average molecular weight is 281 g/mol. The maximum Gasteiger partial charge on any atom is 0.181 e. The van der Waals surface area contributed by atoms with E-state index in [2.05, 4.69) is 9.80 Å². The van der Waals surface area contributed by atoms with Gasteiger partial charge in [-0.2, -0.15) is 0 Å². The third-order valence-electron chi connectivity index (χ3n) is 4.02. The van der Waals surface area contributed by atoms with E-state index in [1.165, 1.54) is 0 Å². The lowest BCUT2D eigenvalue weighted by molar-refractivity contribution is 0.0159. The van der Waals surface area contributed by atoms with Gasteiger partial charge in [0, 0.05) is 38.3 Å². The van der Waals surface area contributed by atoms with Crippen molar-refractivity contribution >= 4 is 17.4 Å². The van der Waals surface area contributed by atoms with Crippen molar-refractivity contribution in [3.63, 3.8) is 0 Å². The number of rotatable bonds is 3. The molecule has 0 saturated carbocycles. The number of carbonyl (C=O) groups is 1. The molecule has 1 aromatic rings. The van der Waals surface area contributed by atoms with E-state index in [1.54, 1.807) is 25.3 Å². The minimum Gasteiger partial charge on any atom is -0.495 e. The smallest absolute Gasteiger partial charge is 0.181 e. The van der Waals surface area contributed by atoms with Crippen LogP contribution in [0.4, 0.5) is 0 Å². The molecule has 5 heteroatoms. The summed E-state index contributed by atoms with van der Waals surface area (Å²) in [4.78, 5) is 17.2. The monoisotopic (exact) mass is 280 g/mol. The zero-order chi connectivity index (χ0) is 13.4. The zero-order valence-corrected chi connectivity index (χ0v) is 11.7. The number of nitrogens with zero attached hydrogens (tertiary/aromatic N) is 2. The number of benzene rings is 1. The fourth-order valence-corrected chi connectivity index (χ4v) is 3.07. The Morgan fingerprint density at radius 2 is 2.05 bits per heavy atom. The van der Waals surface area contributed by atoms with E-state index in [9.17, 15) is 4.79 Å². The van der Waals surface area contributed by atoms with Gasteiger partial charge in [0.15, 0.2) is 5.78 Å². The molecule has 102 valence electrons. The van der Waals surface area contributed by atoms with Crippen LogP contribution >= 0.6 is 11.6 Å². The molecule has 3 fully saturated rings. The van der Waals surface area contributed by atoms with Crippen LogP contribution in [0.1, 0.15) is 10.4 Å². The Kier molecular flexibility index (Phi) is 3.48. The third-order valence-corrected chi connectivity index (χ3v) is 4.33. The average Bonchev–Trinajstić information content (AvgIpc) is 2.48. The van der Waals surface area contributed by atoms with Gasteiger partial charge in [-0.25, -0.2) is 0 Å². The van der Waals surface area contributed by atoms with Crippen LogP contribution in [-0.4, -0.2) is 61.5 Å². The molecule has 0 aliphatic carbocycles. The van der Waals surface area contributed by atoms with E-state index in [4.69, 9.17) is 16.3 Å². The first-order chi connectivity index (χ1) is 9.19. The van der Waals surface area contributed by atoms with Crippen molar-refractivity contribution in [2.45, 2.75) is 6.04 Å². The molecule has 3 aliphatic heterocycles. The van der Waals surface area contributed by atoms with E-state index in [0.29, 0.717) is 16.3 Å². The molecule has 4 rings (SSSR count). The number of hydrogen-bond acceptors (Lipinski definition) is 4. The number of fused-ring (bicyclic) bond motifs is 3. The van der Waals surface area contributed by atoms with Gasteiger partial charge in [0.1, 0.15) is 5.75 Å². The molecule has 0 aromatic heterocycles. The molecule has 0 radical (unpaired) electrons. The Morgan fingerprint density at radius 3 is 2.63 bits per heavy atom. The number of hydrogen-bond donors (Lipinski definition) is 0. The summed E-state index contributed by atoms with van der Waals surface area (Å²) in [5.41, 5.74) is 0.681. The van der Waals surface area contributed by atoms with Gasteiger partial charge in [-0.1, -0.05) is 11.6 Å². The van der Waals surface area contributed by atoms with Crippen molar-refractivity contribution in [3.8, 4) is 5.75 Å². The molecule has 3 heterocycles. The van der Waals surface area contributed by atoms with Crippen LogP contribution in [0.2, 0.25) is 5.02 Å². The fourth-order valence-electron chi connectivity index (χ4n) is 2.87. The number of piperazine rings is 3. The molecule has 0 N–H and O–H groups in total. The quantitative estimate of drug-likeness (QED) is 0.786. The highest BCUT2D eigenvalue weighted by atomic mass is 35.5. The topological polar surface area (TPSA) is 32.8 Å². The first-order valence-corrected chi connectivity index (χ1v) is 6.91. The van der Waals surface area contributed by atoms with Crippen molar-refractivity contribution in [2.24, 2.45) is 0 Å². The van der Waals surface area contributed by atoms with E-state index in [-0.39, 0.29) is 11.8 Å². The number of ketones is 1. The standard InChI is InChI=1S/C14H17ClN2O2/c1-19-13-8-10(2-3-11(13)15)14(18)12-9-16-4-6-17(12)7-5-16/h2-3,8,12H,4-7,9H2,1H3. The van der Waals surface area contributed by atoms with E-state index < -0.39 is 0 Å². The Balaban J connectivity index is 1.84. The molecule has 2 bridgehead atoms. The summed E-state index contributed by atoms with van der Waals surface area (Å²) in [5.74, 6) is 0.725. The van der Waals surface area contributed by atoms with Gasteiger partial charge < -0.3 is 4.74 Å². The lowest BCUT2D eigenvalue weighted by Crippen LogP contribution is -2.63. The molecule has 3 saturated heterocycles. The maximum atomic E-state index is 12.6. The van der Waals surface area contributed by atoms with E-state index in [0.717, 1.165) is 32.7 Å².